The fourth-order valence-corrected chi connectivity index (χ4v) is 3.79. The number of thioether (sulfide) groups is 1. The molecule has 5 heteroatoms. The molecule has 0 aliphatic carbocycles. The van der Waals surface area contributed by atoms with Crippen LogP contribution < -0.4 is 10.2 Å². The van der Waals surface area contributed by atoms with E-state index in [4.69, 9.17) is 4.74 Å². The predicted molar refractivity (Wildman–Crippen MR) is 130 cm³/mol. The zero-order valence-corrected chi connectivity index (χ0v) is 18.2. The van der Waals surface area contributed by atoms with Crippen LogP contribution in [0.25, 0.3) is 0 Å². The van der Waals surface area contributed by atoms with Crippen LogP contribution in [0.4, 0.5) is 0 Å². The van der Waals surface area contributed by atoms with E-state index in [1.807, 2.05) is 97.1 Å². The molecule has 1 N–H and O–H groups in total. The molecule has 4 nitrogen and oxygen atoms in total. The number of amides is 1. The van der Waals surface area contributed by atoms with Gasteiger partial charge in [-0.05, 0) is 71.8 Å². The van der Waals surface area contributed by atoms with Crippen molar-refractivity contribution in [1.82, 2.24) is 5.43 Å². The summed E-state index contributed by atoms with van der Waals surface area (Å²) in [5, 5.41) is 4.06. The Morgan fingerprint density at radius 3 is 2.09 bits per heavy atom. The third kappa shape index (κ3) is 6.33. The van der Waals surface area contributed by atoms with Gasteiger partial charge in [0.25, 0.3) is 5.91 Å². The van der Waals surface area contributed by atoms with Gasteiger partial charge >= 0.3 is 0 Å². The molecule has 0 spiro atoms. The number of benzene rings is 4. The molecule has 1 amide bonds. The largest absolute Gasteiger partial charge is 0.457 e. The molecule has 0 aromatic heterocycles. The molecule has 4 aromatic rings. The van der Waals surface area contributed by atoms with E-state index >= 15 is 0 Å². The summed E-state index contributed by atoms with van der Waals surface area (Å²) in [7, 11) is 0. The standard InChI is InChI=1S/C27H22N2O2S/c30-27(23-15-11-22(12-16-23)20-32-26-9-5-2-6-10-26)29-28-19-21-13-17-25(18-14-21)31-24-7-3-1-4-8-24/h1-19H,20H2,(H,29,30)/b28-19-. The van der Waals surface area contributed by atoms with Crippen molar-refractivity contribution in [1.29, 1.82) is 0 Å². The van der Waals surface area contributed by atoms with Crippen molar-refractivity contribution in [2.75, 3.05) is 0 Å². The highest BCUT2D eigenvalue weighted by Gasteiger charge is 2.04. The summed E-state index contributed by atoms with van der Waals surface area (Å²) in [6, 6.07) is 34.9. The van der Waals surface area contributed by atoms with E-state index in [9.17, 15) is 4.79 Å². The predicted octanol–water partition coefficient (Wildman–Crippen LogP) is 6.54. The molecule has 158 valence electrons. The van der Waals surface area contributed by atoms with Crippen molar-refractivity contribution in [3.8, 4) is 11.5 Å². The normalized spacial score (nSPS) is 10.8. The van der Waals surface area contributed by atoms with Crippen LogP contribution in [-0.4, -0.2) is 12.1 Å². The minimum Gasteiger partial charge on any atom is -0.457 e. The van der Waals surface area contributed by atoms with Gasteiger partial charge in [-0.25, -0.2) is 5.43 Å². The Morgan fingerprint density at radius 1 is 0.781 bits per heavy atom. The van der Waals surface area contributed by atoms with Gasteiger partial charge in [-0.2, -0.15) is 5.10 Å². The quantitative estimate of drug-likeness (QED) is 0.193. The smallest absolute Gasteiger partial charge is 0.271 e. The molecule has 0 saturated heterocycles. The first-order valence-corrected chi connectivity index (χ1v) is 11.2. The van der Waals surface area contributed by atoms with Gasteiger partial charge < -0.3 is 4.74 Å². The summed E-state index contributed by atoms with van der Waals surface area (Å²) >= 11 is 1.77. The van der Waals surface area contributed by atoms with Gasteiger partial charge in [-0.1, -0.05) is 48.5 Å². The molecular formula is C27H22N2O2S. The zero-order valence-electron chi connectivity index (χ0n) is 17.3. The second-order valence-electron chi connectivity index (χ2n) is 6.98. The molecule has 0 aliphatic rings. The second-order valence-corrected chi connectivity index (χ2v) is 8.03. The van der Waals surface area contributed by atoms with E-state index < -0.39 is 0 Å². The average molecular weight is 439 g/mol. The first kappa shape index (κ1) is 21.4. The Hall–Kier alpha value is -3.83. The van der Waals surface area contributed by atoms with Crippen LogP contribution in [0.1, 0.15) is 21.5 Å². The fourth-order valence-electron chi connectivity index (χ4n) is 2.91. The topological polar surface area (TPSA) is 50.7 Å². The highest BCUT2D eigenvalue weighted by molar-refractivity contribution is 7.98. The maximum atomic E-state index is 12.3. The number of nitrogens with one attached hydrogen (secondary N) is 1. The second kappa shape index (κ2) is 11.0. The van der Waals surface area contributed by atoms with Crippen molar-refractivity contribution < 1.29 is 9.53 Å². The Kier molecular flexibility index (Phi) is 7.34. The minimum atomic E-state index is -0.243. The number of nitrogens with zero attached hydrogens (tertiary/aromatic N) is 1. The molecule has 0 radical (unpaired) electrons. The van der Waals surface area contributed by atoms with Crippen molar-refractivity contribution >= 4 is 23.9 Å². The lowest BCUT2D eigenvalue weighted by atomic mass is 10.1. The third-order valence-electron chi connectivity index (χ3n) is 4.60. The zero-order chi connectivity index (χ0) is 22.0. The Morgan fingerprint density at radius 2 is 1.41 bits per heavy atom. The number of carbonyl (C=O) groups is 1. The number of hydrogen-bond donors (Lipinski definition) is 1. The summed E-state index contributed by atoms with van der Waals surface area (Å²) in [6.07, 6.45) is 1.61. The molecular weight excluding hydrogens is 416 g/mol. The fraction of sp³-hybridized carbons (Fsp3) is 0.0370. The van der Waals surface area contributed by atoms with Crippen molar-refractivity contribution in [3.63, 3.8) is 0 Å². The van der Waals surface area contributed by atoms with Gasteiger partial charge in [0.1, 0.15) is 11.5 Å². The lowest BCUT2D eigenvalue weighted by Gasteiger charge is -2.05. The van der Waals surface area contributed by atoms with Gasteiger partial charge in [0.05, 0.1) is 6.21 Å². The Bertz CT molecular complexity index is 1160. The van der Waals surface area contributed by atoms with Crippen LogP contribution in [0.3, 0.4) is 0 Å². The lowest BCUT2D eigenvalue weighted by molar-refractivity contribution is 0.0955. The van der Waals surface area contributed by atoms with Gasteiger partial charge in [0.2, 0.25) is 0 Å². The van der Waals surface area contributed by atoms with Gasteiger partial charge in [0.15, 0.2) is 0 Å². The maximum Gasteiger partial charge on any atom is 0.271 e. The van der Waals surface area contributed by atoms with Gasteiger partial charge in [-0.3, -0.25) is 4.79 Å². The van der Waals surface area contributed by atoms with Crippen LogP contribution >= 0.6 is 11.8 Å². The molecule has 0 saturated carbocycles. The van der Waals surface area contributed by atoms with Gasteiger partial charge in [-0.15, -0.1) is 11.8 Å². The summed E-state index contributed by atoms with van der Waals surface area (Å²) in [6.45, 7) is 0. The summed E-state index contributed by atoms with van der Waals surface area (Å²) in [4.78, 5) is 13.6. The van der Waals surface area contributed by atoms with E-state index in [1.54, 1.807) is 18.0 Å². The van der Waals surface area contributed by atoms with Crippen LogP contribution in [0.15, 0.2) is 119 Å². The number of hydrogen-bond acceptors (Lipinski definition) is 4. The highest BCUT2D eigenvalue weighted by atomic mass is 32.2. The Labute approximate surface area is 192 Å². The van der Waals surface area contributed by atoms with E-state index in [0.29, 0.717) is 5.56 Å². The molecule has 0 unspecified atom stereocenters. The van der Waals surface area contributed by atoms with Crippen LogP contribution in [0.5, 0.6) is 11.5 Å². The molecule has 0 atom stereocenters. The molecule has 0 bridgehead atoms. The molecule has 4 aromatic carbocycles. The molecule has 4 rings (SSSR count). The average Bonchev–Trinajstić information content (AvgIpc) is 2.85. The molecule has 32 heavy (non-hydrogen) atoms. The first-order valence-electron chi connectivity index (χ1n) is 10.2. The van der Waals surface area contributed by atoms with E-state index in [1.165, 1.54) is 4.90 Å². The third-order valence-corrected chi connectivity index (χ3v) is 5.69. The molecule has 0 aliphatic heterocycles. The summed E-state index contributed by atoms with van der Waals surface area (Å²) < 4.78 is 5.77. The Balaban J connectivity index is 1.26. The highest BCUT2D eigenvalue weighted by Crippen LogP contribution is 2.22. The van der Waals surface area contributed by atoms with Crippen molar-refractivity contribution in [3.05, 3.63) is 126 Å². The lowest BCUT2D eigenvalue weighted by Crippen LogP contribution is -2.17. The van der Waals surface area contributed by atoms with Crippen LogP contribution in [0, 0.1) is 0 Å². The maximum absolute atomic E-state index is 12.3. The number of ether oxygens (including phenoxy) is 1. The number of rotatable bonds is 8. The van der Waals surface area contributed by atoms with Crippen molar-refractivity contribution in [2.45, 2.75) is 10.6 Å². The summed E-state index contributed by atoms with van der Waals surface area (Å²) in [5.41, 5.74) is 5.17. The summed E-state index contributed by atoms with van der Waals surface area (Å²) in [5.74, 6) is 2.13. The number of carbonyl (C=O) groups excluding carboxylic acids is 1. The van der Waals surface area contributed by atoms with Crippen LogP contribution in [-0.2, 0) is 5.75 Å². The molecule has 0 fully saturated rings. The van der Waals surface area contributed by atoms with Gasteiger partial charge in [0, 0.05) is 16.2 Å². The number of hydrazone groups is 1. The minimum absolute atomic E-state index is 0.243. The number of para-hydroxylation sites is 1. The van der Waals surface area contributed by atoms with E-state index in [0.717, 1.165) is 28.4 Å². The van der Waals surface area contributed by atoms with Crippen molar-refractivity contribution in [2.24, 2.45) is 5.10 Å². The van der Waals surface area contributed by atoms with E-state index in [2.05, 4.69) is 22.7 Å². The monoisotopic (exact) mass is 438 g/mol. The molecule has 0 heterocycles. The first-order chi connectivity index (χ1) is 15.8. The SMILES string of the molecule is O=C(N/N=C\c1ccc(Oc2ccccc2)cc1)c1ccc(CSc2ccccc2)cc1. The van der Waals surface area contributed by atoms with Crippen LogP contribution in [0.2, 0.25) is 0 Å². The van der Waals surface area contributed by atoms with E-state index in [-0.39, 0.29) is 5.91 Å².